The highest BCUT2D eigenvalue weighted by Gasteiger charge is 2.04. The monoisotopic (exact) mass is 237 g/mol. The Kier molecular flexibility index (Phi) is 6.90. The summed E-state index contributed by atoms with van der Waals surface area (Å²) in [6.07, 6.45) is 10.9. The number of unbranched alkanes of at least 4 members (excludes halogenated alkanes) is 4. The Hall–Kier alpha value is -0.860. The first-order valence-electron chi connectivity index (χ1n) is 7.11. The number of nitrogens with zero attached hydrogens (tertiary/aromatic N) is 3. The molecule has 1 aromatic heterocycles. The Balaban J connectivity index is 2.25. The fourth-order valence-corrected chi connectivity index (χ4v) is 1.95. The van der Waals surface area contributed by atoms with Crippen molar-refractivity contribution in [2.75, 3.05) is 0 Å². The Morgan fingerprint density at radius 3 is 2.65 bits per heavy atom. The number of hydrogen-bond donors (Lipinski definition) is 0. The van der Waals surface area contributed by atoms with Gasteiger partial charge in [-0.25, -0.2) is 4.68 Å². The highest BCUT2D eigenvalue weighted by Crippen LogP contribution is 2.09. The number of rotatable bonds is 9. The van der Waals surface area contributed by atoms with Crippen molar-refractivity contribution >= 4 is 0 Å². The van der Waals surface area contributed by atoms with E-state index in [2.05, 4.69) is 35.8 Å². The van der Waals surface area contributed by atoms with Crippen molar-refractivity contribution in [1.82, 2.24) is 15.0 Å². The van der Waals surface area contributed by atoms with E-state index in [1.54, 1.807) is 0 Å². The van der Waals surface area contributed by atoms with Crippen molar-refractivity contribution in [3.8, 4) is 0 Å². The van der Waals surface area contributed by atoms with Gasteiger partial charge in [0.05, 0.1) is 11.9 Å². The molecular formula is C14H27N3. The minimum Gasteiger partial charge on any atom is -0.249 e. The van der Waals surface area contributed by atoms with Gasteiger partial charge in [-0.3, -0.25) is 0 Å². The number of hydrogen-bond acceptors (Lipinski definition) is 2. The van der Waals surface area contributed by atoms with Gasteiger partial charge in [0.15, 0.2) is 0 Å². The van der Waals surface area contributed by atoms with E-state index in [9.17, 15) is 0 Å². The molecular weight excluding hydrogens is 210 g/mol. The summed E-state index contributed by atoms with van der Waals surface area (Å²) >= 11 is 0. The summed E-state index contributed by atoms with van der Waals surface area (Å²) in [4.78, 5) is 0. The first-order valence-corrected chi connectivity index (χ1v) is 7.11. The van der Waals surface area contributed by atoms with Gasteiger partial charge in [-0.15, -0.1) is 5.10 Å². The predicted octanol–water partition coefficient (Wildman–Crippen LogP) is 3.84. The van der Waals surface area contributed by atoms with Crippen molar-refractivity contribution in [3.63, 3.8) is 0 Å². The molecule has 0 amide bonds. The van der Waals surface area contributed by atoms with Crippen LogP contribution in [-0.2, 0) is 13.0 Å². The van der Waals surface area contributed by atoms with Crippen LogP contribution in [0.2, 0.25) is 0 Å². The van der Waals surface area contributed by atoms with Crippen molar-refractivity contribution < 1.29 is 0 Å². The van der Waals surface area contributed by atoms with Crippen LogP contribution in [0.1, 0.15) is 65.0 Å². The molecule has 1 aromatic rings. The zero-order valence-electron chi connectivity index (χ0n) is 11.7. The van der Waals surface area contributed by atoms with Crippen molar-refractivity contribution in [2.45, 2.75) is 72.3 Å². The predicted molar refractivity (Wildman–Crippen MR) is 71.9 cm³/mol. The molecule has 98 valence electrons. The normalized spacial score (nSPS) is 11.3. The van der Waals surface area contributed by atoms with Gasteiger partial charge in [-0.1, -0.05) is 51.7 Å². The number of aromatic nitrogens is 3. The van der Waals surface area contributed by atoms with Gasteiger partial charge in [0.25, 0.3) is 0 Å². The largest absolute Gasteiger partial charge is 0.249 e. The van der Waals surface area contributed by atoms with Gasteiger partial charge in [0.2, 0.25) is 0 Å². The molecule has 0 aliphatic rings. The van der Waals surface area contributed by atoms with Crippen LogP contribution in [0, 0.1) is 5.92 Å². The first-order chi connectivity index (χ1) is 8.24. The molecule has 1 rings (SSSR count). The van der Waals surface area contributed by atoms with Gasteiger partial charge in [-0.05, 0) is 25.2 Å². The highest BCUT2D eigenvalue weighted by molar-refractivity contribution is 4.93. The van der Waals surface area contributed by atoms with Crippen LogP contribution in [0.4, 0.5) is 0 Å². The maximum absolute atomic E-state index is 4.17. The highest BCUT2D eigenvalue weighted by atomic mass is 15.4. The Morgan fingerprint density at radius 2 is 1.94 bits per heavy atom. The lowest BCUT2D eigenvalue weighted by molar-refractivity contribution is 0.464. The molecule has 0 aliphatic carbocycles. The quantitative estimate of drug-likeness (QED) is 0.611. The van der Waals surface area contributed by atoms with E-state index in [-0.39, 0.29) is 0 Å². The molecule has 0 saturated carbocycles. The van der Waals surface area contributed by atoms with Gasteiger partial charge in [-0.2, -0.15) is 0 Å². The van der Waals surface area contributed by atoms with Crippen LogP contribution in [0.25, 0.3) is 0 Å². The summed E-state index contributed by atoms with van der Waals surface area (Å²) < 4.78 is 2.08. The SMILES string of the molecule is CCCCCCCc1cnnn1CCC(C)C. The molecule has 0 bridgehead atoms. The molecule has 0 aromatic carbocycles. The molecule has 0 radical (unpaired) electrons. The van der Waals surface area contributed by atoms with E-state index in [1.165, 1.54) is 44.2 Å². The van der Waals surface area contributed by atoms with E-state index in [0.717, 1.165) is 18.9 Å². The lowest BCUT2D eigenvalue weighted by Crippen LogP contribution is -2.07. The average molecular weight is 237 g/mol. The molecule has 3 heteroatoms. The minimum atomic E-state index is 0.733. The third-order valence-electron chi connectivity index (χ3n) is 3.15. The van der Waals surface area contributed by atoms with Crippen molar-refractivity contribution in [2.24, 2.45) is 5.92 Å². The molecule has 0 aliphatic heterocycles. The minimum absolute atomic E-state index is 0.733. The fraction of sp³-hybridized carbons (Fsp3) is 0.857. The fourth-order valence-electron chi connectivity index (χ4n) is 1.95. The second-order valence-corrected chi connectivity index (χ2v) is 5.30. The smallest absolute Gasteiger partial charge is 0.0725 e. The summed E-state index contributed by atoms with van der Waals surface area (Å²) in [7, 11) is 0. The van der Waals surface area contributed by atoms with Gasteiger partial charge in [0, 0.05) is 6.54 Å². The second-order valence-electron chi connectivity index (χ2n) is 5.30. The van der Waals surface area contributed by atoms with E-state index < -0.39 is 0 Å². The Morgan fingerprint density at radius 1 is 1.18 bits per heavy atom. The second kappa shape index (κ2) is 8.26. The van der Waals surface area contributed by atoms with Crippen molar-refractivity contribution in [1.29, 1.82) is 0 Å². The summed E-state index contributed by atoms with van der Waals surface area (Å²) in [5.74, 6) is 0.733. The Labute approximate surface area is 106 Å². The van der Waals surface area contributed by atoms with E-state index in [4.69, 9.17) is 0 Å². The van der Waals surface area contributed by atoms with Crippen LogP contribution in [-0.4, -0.2) is 15.0 Å². The van der Waals surface area contributed by atoms with Gasteiger partial charge < -0.3 is 0 Å². The summed E-state index contributed by atoms with van der Waals surface area (Å²) in [5, 5.41) is 8.20. The molecule has 1 heterocycles. The van der Waals surface area contributed by atoms with Crippen LogP contribution in [0.3, 0.4) is 0 Å². The average Bonchev–Trinajstić information content (AvgIpc) is 2.73. The molecule has 0 unspecified atom stereocenters. The first kappa shape index (κ1) is 14.2. The topological polar surface area (TPSA) is 30.7 Å². The van der Waals surface area contributed by atoms with E-state index >= 15 is 0 Å². The number of aryl methyl sites for hydroxylation is 2. The standard InChI is InChI=1S/C14H27N3/c1-4-5-6-7-8-9-14-12-15-16-17(14)11-10-13(2)3/h12-13H,4-11H2,1-3H3. The molecule has 0 N–H and O–H groups in total. The third-order valence-corrected chi connectivity index (χ3v) is 3.15. The van der Waals surface area contributed by atoms with Crippen LogP contribution in [0.15, 0.2) is 6.20 Å². The lowest BCUT2D eigenvalue weighted by Gasteiger charge is -2.07. The summed E-state index contributed by atoms with van der Waals surface area (Å²) in [6.45, 7) is 7.77. The van der Waals surface area contributed by atoms with Crippen LogP contribution >= 0.6 is 0 Å². The molecule has 3 nitrogen and oxygen atoms in total. The molecule has 0 saturated heterocycles. The molecule has 0 atom stereocenters. The van der Waals surface area contributed by atoms with Gasteiger partial charge in [0.1, 0.15) is 0 Å². The summed E-state index contributed by atoms with van der Waals surface area (Å²) in [6, 6.07) is 0. The molecule has 17 heavy (non-hydrogen) atoms. The maximum Gasteiger partial charge on any atom is 0.0725 e. The van der Waals surface area contributed by atoms with E-state index in [1.807, 2.05) is 6.20 Å². The van der Waals surface area contributed by atoms with E-state index in [0.29, 0.717) is 0 Å². The maximum atomic E-state index is 4.17. The lowest BCUT2D eigenvalue weighted by atomic mass is 10.1. The zero-order chi connectivity index (χ0) is 12.5. The zero-order valence-corrected chi connectivity index (χ0v) is 11.7. The van der Waals surface area contributed by atoms with Crippen molar-refractivity contribution in [3.05, 3.63) is 11.9 Å². The molecule has 0 spiro atoms. The third kappa shape index (κ3) is 5.85. The summed E-state index contributed by atoms with van der Waals surface area (Å²) in [5.41, 5.74) is 1.31. The molecule has 0 fully saturated rings. The Bertz CT molecular complexity index is 291. The van der Waals surface area contributed by atoms with Crippen LogP contribution in [0.5, 0.6) is 0 Å². The van der Waals surface area contributed by atoms with Crippen LogP contribution < -0.4 is 0 Å². The van der Waals surface area contributed by atoms with Gasteiger partial charge >= 0.3 is 0 Å².